The summed E-state index contributed by atoms with van der Waals surface area (Å²) in [6.07, 6.45) is -0.307. The Morgan fingerprint density at radius 3 is 1.84 bits per heavy atom. The van der Waals surface area contributed by atoms with E-state index in [9.17, 15) is 13.6 Å². The van der Waals surface area contributed by atoms with Crippen molar-refractivity contribution in [3.63, 3.8) is 0 Å². The third-order valence-electron chi connectivity index (χ3n) is 5.59. The Morgan fingerprint density at radius 1 is 0.935 bits per heavy atom. The Morgan fingerprint density at radius 2 is 1.42 bits per heavy atom. The molecule has 0 saturated carbocycles. The van der Waals surface area contributed by atoms with Crippen molar-refractivity contribution >= 4 is 6.09 Å². The summed E-state index contributed by atoms with van der Waals surface area (Å²) in [6, 6.07) is 12.8. The Kier molecular flexibility index (Phi) is 6.99. The SMILES string of the molecule is CC(C)C1CN(C(=O)OC(C)(C)C)CCN1C(c1ccc(F)cc1)c1ccc(F)cc1. The molecule has 0 bridgehead atoms. The van der Waals surface area contributed by atoms with Gasteiger partial charge in [0.2, 0.25) is 0 Å². The highest BCUT2D eigenvalue weighted by atomic mass is 19.1. The molecular formula is C25H32F2N2O2. The molecule has 1 atom stereocenters. The van der Waals surface area contributed by atoms with Crippen LogP contribution in [0.4, 0.5) is 13.6 Å². The van der Waals surface area contributed by atoms with E-state index >= 15 is 0 Å². The summed E-state index contributed by atoms with van der Waals surface area (Å²) >= 11 is 0. The highest BCUT2D eigenvalue weighted by Gasteiger charge is 2.37. The van der Waals surface area contributed by atoms with Crippen LogP contribution in [-0.4, -0.2) is 47.2 Å². The van der Waals surface area contributed by atoms with Crippen LogP contribution in [0.3, 0.4) is 0 Å². The minimum absolute atomic E-state index is 0.0568. The molecule has 1 unspecified atom stereocenters. The maximum Gasteiger partial charge on any atom is 0.410 e. The number of amides is 1. The predicted molar refractivity (Wildman–Crippen MR) is 118 cm³/mol. The summed E-state index contributed by atoms with van der Waals surface area (Å²) in [7, 11) is 0. The molecule has 1 fully saturated rings. The molecule has 1 saturated heterocycles. The maximum absolute atomic E-state index is 13.6. The Hall–Kier alpha value is -2.47. The van der Waals surface area contributed by atoms with Gasteiger partial charge >= 0.3 is 6.09 Å². The van der Waals surface area contributed by atoms with Crippen molar-refractivity contribution in [2.75, 3.05) is 19.6 Å². The van der Waals surface area contributed by atoms with Gasteiger partial charge in [-0.15, -0.1) is 0 Å². The minimum atomic E-state index is -0.549. The summed E-state index contributed by atoms with van der Waals surface area (Å²) in [5, 5.41) is 0. The number of ether oxygens (including phenoxy) is 1. The van der Waals surface area contributed by atoms with Crippen LogP contribution in [0.25, 0.3) is 0 Å². The third-order valence-corrected chi connectivity index (χ3v) is 5.59. The van der Waals surface area contributed by atoms with E-state index in [4.69, 9.17) is 4.74 Å². The molecule has 6 heteroatoms. The van der Waals surface area contributed by atoms with E-state index in [2.05, 4.69) is 18.7 Å². The van der Waals surface area contributed by atoms with Gasteiger partial charge in [0, 0.05) is 25.7 Å². The molecule has 1 aliphatic heterocycles. The van der Waals surface area contributed by atoms with Crippen LogP contribution >= 0.6 is 0 Å². The molecule has 1 heterocycles. The third kappa shape index (κ3) is 5.82. The summed E-state index contributed by atoms with van der Waals surface area (Å²) < 4.78 is 32.8. The fraction of sp³-hybridized carbons (Fsp3) is 0.480. The molecule has 1 amide bonds. The van der Waals surface area contributed by atoms with Crippen molar-refractivity contribution < 1.29 is 18.3 Å². The fourth-order valence-corrected chi connectivity index (χ4v) is 4.10. The van der Waals surface area contributed by atoms with Gasteiger partial charge in [-0.3, -0.25) is 4.90 Å². The van der Waals surface area contributed by atoms with E-state index in [1.807, 2.05) is 20.8 Å². The second kappa shape index (κ2) is 9.35. The van der Waals surface area contributed by atoms with E-state index in [0.29, 0.717) is 19.6 Å². The van der Waals surface area contributed by atoms with Gasteiger partial charge in [-0.25, -0.2) is 13.6 Å². The number of carbonyl (C=O) groups excluding carboxylic acids is 1. The van der Waals surface area contributed by atoms with Crippen molar-refractivity contribution in [1.82, 2.24) is 9.80 Å². The van der Waals surface area contributed by atoms with E-state index in [1.54, 1.807) is 29.2 Å². The highest BCUT2D eigenvalue weighted by molar-refractivity contribution is 5.68. The van der Waals surface area contributed by atoms with E-state index < -0.39 is 5.60 Å². The van der Waals surface area contributed by atoms with E-state index in [0.717, 1.165) is 11.1 Å². The fourth-order valence-electron chi connectivity index (χ4n) is 4.10. The molecule has 3 rings (SSSR count). The second-order valence-electron chi connectivity index (χ2n) is 9.48. The Balaban J connectivity index is 1.93. The van der Waals surface area contributed by atoms with Gasteiger partial charge in [-0.2, -0.15) is 0 Å². The predicted octanol–water partition coefficient (Wildman–Crippen LogP) is 5.63. The number of carbonyl (C=O) groups is 1. The number of piperazine rings is 1. The van der Waals surface area contributed by atoms with Crippen molar-refractivity contribution in [1.29, 1.82) is 0 Å². The van der Waals surface area contributed by atoms with Gasteiger partial charge in [-0.05, 0) is 62.1 Å². The quantitative estimate of drug-likeness (QED) is 0.630. The molecule has 168 valence electrons. The maximum atomic E-state index is 13.6. The normalized spacial score (nSPS) is 18.0. The lowest BCUT2D eigenvalue weighted by atomic mass is 9.91. The van der Waals surface area contributed by atoms with Crippen molar-refractivity contribution in [3.8, 4) is 0 Å². The second-order valence-corrected chi connectivity index (χ2v) is 9.48. The standard InChI is InChI=1S/C25H32F2N2O2/c1-17(2)22-16-28(24(30)31-25(3,4)5)14-15-29(22)23(18-6-10-20(26)11-7-18)19-8-12-21(27)13-9-19/h6-13,17,22-23H,14-16H2,1-5H3. The summed E-state index contributed by atoms with van der Waals surface area (Å²) in [4.78, 5) is 16.8. The number of halogens is 2. The van der Waals surface area contributed by atoms with E-state index in [1.165, 1.54) is 24.3 Å². The van der Waals surface area contributed by atoms with Crippen LogP contribution in [0, 0.1) is 17.6 Å². The van der Waals surface area contributed by atoms with Gasteiger partial charge in [0.05, 0.1) is 6.04 Å². The molecule has 31 heavy (non-hydrogen) atoms. The molecule has 0 aromatic heterocycles. The molecular weight excluding hydrogens is 398 g/mol. The average molecular weight is 431 g/mol. The Labute approximate surface area is 183 Å². The van der Waals surface area contributed by atoms with Gasteiger partial charge < -0.3 is 9.64 Å². The van der Waals surface area contributed by atoms with Gasteiger partial charge in [-0.1, -0.05) is 38.1 Å². The first-order valence-electron chi connectivity index (χ1n) is 10.8. The van der Waals surface area contributed by atoms with Crippen LogP contribution < -0.4 is 0 Å². The molecule has 0 aliphatic carbocycles. The number of nitrogens with zero attached hydrogens (tertiary/aromatic N) is 2. The molecule has 4 nitrogen and oxygen atoms in total. The molecule has 0 spiro atoms. The van der Waals surface area contributed by atoms with Gasteiger partial charge in [0.1, 0.15) is 17.2 Å². The molecule has 2 aromatic rings. The molecule has 2 aromatic carbocycles. The van der Waals surface area contributed by atoms with Crippen LogP contribution in [0.2, 0.25) is 0 Å². The van der Waals surface area contributed by atoms with Crippen molar-refractivity contribution in [2.24, 2.45) is 5.92 Å². The Bertz CT molecular complexity index is 830. The largest absolute Gasteiger partial charge is 0.444 e. The average Bonchev–Trinajstić information content (AvgIpc) is 2.69. The zero-order chi connectivity index (χ0) is 22.8. The van der Waals surface area contributed by atoms with Crippen LogP contribution in [0.1, 0.15) is 51.8 Å². The molecule has 0 radical (unpaired) electrons. The minimum Gasteiger partial charge on any atom is -0.444 e. The summed E-state index contributed by atoms with van der Waals surface area (Å²) in [5.41, 5.74) is 1.32. The zero-order valence-electron chi connectivity index (χ0n) is 18.9. The lowest BCUT2D eigenvalue weighted by Gasteiger charge is -2.47. The number of hydrogen-bond donors (Lipinski definition) is 0. The number of benzene rings is 2. The monoisotopic (exact) mass is 430 g/mol. The first-order chi connectivity index (χ1) is 14.5. The van der Waals surface area contributed by atoms with Gasteiger partial charge in [0.25, 0.3) is 0 Å². The number of rotatable bonds is 4. The van der Waals surface area contributed by atoms with E-state index in [-0.39, 0.29) is 35.7 Å². The van der Waals surface area contributed by atoms with Crippen LogP contribution in [-0.2, 0) is 4.74 Å². The first-order valence-corrected chi connectivity index (χ1v) is 10.8. The zero-order valence-corrected chi connectivity index (χ0v) is 18.9. The lowest BCUT2D eigenvalue weighted by molar-refractivity contribution is -0.00951. The molecule has 0 N–H and O–H groups in total. The molecule has 1 aliphatic rings. The van der Waals surface area contributed by atoms with Crippen molar-refractivity contribution in [2.45, 2.75) is 52.3 Å². The van der Waals surface area contributed by atoms with Gasteiger partial charge in [0.15, 0.2) is 0 Å². The summed E-state index contributed by atoms with van der Waals surface area (Å²) in [6.45, 7) is 11.5. The smallest absolute Gasteiger partial charge is 0.410 e. The lowest BCUT2D eigenvalue weighted by Crippen LogP contribution is -2.58. The number of hydrogen-bond acceptors (Lipinski definition) is 3. The van der Waals surface area contributed by atoms with Crippen LogP contribution in [0.15, 0.2) is 48.5 Å². The van der Waals surface area contributed by atoms with Crippen LogP contribution in [0.5, 0.6) is 0 Å². The first kappa shape index (κ1) is 23.2. The highest BCUT2D eigenvalue weighted by Crippen LogP contribution is 2.34. The topological polar surface area (TPSA) is 32.8 Å². The van der Waals surface area contributed by atoms with Crippen molar-refractivity contribution in [3.05, 3.63) is 71.3 Å². The summed E-state index contributed by atoms with van der Waals surface area (Å²) in [5.74, 6) is -0.331.